The average Bonchev–Trinajstić information content (AvgIpc) is 2.62. The van der Waals surface area contributed by atoms with Crippen LogP contribution >= 0.6 is 15.9 Å². The van der Waals surface area contributed by atoms with Crippen LogP contribution in [-0.4, -0.2) is 22.6 Å². The molecule has 0 aliphatic carbocycles. The molecule has 1 amide bonds. The number of amides is 1. The van der Waals surface area contributed by atoms with Crippen molar-refractivity contribution in [3.05, 3.63) is 63.1 Å². The fourth-order valence-corrected chi connectivity index (χ4v) is 3.07. The highest BCUT2D eigenvalue weighted by atomic mass is 79.9. The Kier molecular flexibility index (Phi) is 5.37. The summed E-state index contributed by atoms with van der Waals surface area (Å²) in [4.78, 5) is 29.2. The molecule has 7 heteroatoms. The monoisotopic (exact) mass is 415 g/mol. The Hall–Kier alpha value is -2.67. The van der Waals surface area contributed by atoms with E-state index in [1.807, 2.05) is 25.1 Å². The van der Waals surface area contributed by atoms with Crippen molar-refractivity contribution in [2.75, 3.05) is 12.4 Å². The summed E-state index contributed by atoms with van der Waals surface area (Å²) in [6, 6.07) is 10.9. The van der Waals surface area contributed by atoms with E-state index in [0.717, 1.165) is 10.0 Å². The van der Waals surface area contributed by atoms with E-state index < -0.39 is 0 Å². The van der Waals surface area contributed by atoms with Gasteiger partial charge < -0.3 is 10.1 Å². The summed E-state index contributed by atoms with van der Waals surface area (Å²) in [6.45, 7) is 2.16. The molecule has 0 radical (unpaired) electrons. The number of carbonyl (C=O) groups excluding carboxylic acids is 1. The number of halogens is 1. The van der Waals surface area contributed by atoms with Crippen LogP contribution < -0.4 is 15.6 Å². The minimum Gasteiger partial charge on any atom is -0.495 e. The van der Waals surface area contributed by atoms with Crippen LogP contribution in [0.3, 0.4) is 0 Å². The van der Waals surface area contributed by atoms with Gasteiger partial charge in [-0.2, -0.15) is 0 Å². The minimum absolute atomic E-state index is 0.147. The molecule has 1 N–H and O–H groups in total. The number of anilines is 1. The van der Waals surface area contributed by atoms with E-state index >= 15 is 0 Å². The highest BCUT2D eigenvalue weighted by molar-refractivity contribution is 9.10. The van der Waals surface area contributed by atoms with Crippen molar-refractivity contribution >= 4 is 38.4 Å². The zero-order valence-electron chi connectivity index (χ0n) is 14.5. The summed E-state index contributed by atoms with van der Waals surface area (Å²) in [5, 5.41) is 3.37. The van der Waals surface area contributed by atoms with Crippen LogP contribution in [0.25, 0.3) is 10.9 Å². The SMILES string of the molecule is COc1ccc(Br)cc1NC(=O)CCn1cnc2c(C)cccc2c1=O. The van der Waals surface area contributed by atoms with Crippen LogP contribution in [0.15, 0.2) is 52.0 Å². The van der Waals surface area contributed by atoms with Crippen molar-refractivity contribution in [3.8, 4) is 5.75 Å². The number of para-hydroxylation sites is 1. The highest BCUT2D eigenvalue weighted by Gasteiger charge is 2.10. The Labute approximate surface area is 158 Å². The van der Waals surface area contributed by atoms with E-state index in [-0.39, 0.29) is 24.4 Å². The molecule has 2 aromatic carbocycles. The first-order valence-electron chi connectivity index (χ1n) is 8.08. The third kappa shape index (κ3) is 3.77. The topological polar surface area (TPSA) is 73.2 Å². The second-order valence-corrected chi connectivity index (χ2v) is 6.77. The van der Waals surface area contributed by atoms with Gasteiger partial charge in [-0.25, -0.2) is 4.98 Å². The molecular formula is C19H18BrN3O3. The smallest absolute Gasteiger partial charge is 0.261 e. The Balaban J connectivity index is 1.74. The van der Waals surface area contributed by atoms with Gasteiger partial charge in [0.05, 0.1) is 30.0 Å². The highest BCUT2D eigenvalue weighted by Crippen LogP contribution is 2.27. The predicted octanol–water partition coefficient (Wildman–Crippen LogP) is 3.50. The minimum atomic E-state index is -0.211. The van der Waals surface area contributed by atoms with Gasteiger partial charge in [0.15, 0.2) is 0 Å². The van der Waals surface area contributed by atoms with Crippen LogP contribution in [-0.2, 0) is 11.3 Å². The fourth-order valence-electron chi connectivity index (χ4n) is 2.71. The Morgan fingerprint density at radius 3 is 2.88 bits per heavy atom. The lowest BCUT2D eigenvalue weighted by Crippen LogP contribution is -2.24. The van der Waals surface area contributed by atoms with Gasteiger partial charge >= 0.3 is 0 Å². The molecule has 0 unspecified atom stereocenters. The lowest BCUT2D eigenvalue weighted by Gasteiger charge is -2.11. The van der Waals surface area contributed by atoms with Crippen LogP contribution in [0, 0.1) is 6.92 Å². The van der Waals surface area contributed by atoms with Crippen LogP contribution in [0.1, 0.15) is 12.0 Å². The summed E-state index contributed by atoms with van der Waals surface area (Å²) in [6.07, 6.45) is 1.64. The van der Waals surface area contributed by atoms with Gasteiger partial charge in [0.25, 0.3) is 5.56 Å². The molecule has 3 rings (SSSR count). The van der Waals surface area contributed by atoms with Gasteiger partial charge in [-0.3, -0.25) is 14.2 Å². The van der Waals surface area contributed by atoms with Crippen LogP contribution in [0.4, 0.5) is 5.69 Å². The molecule has 1 heterocycles. The second kappa shape index (κ2) is 7.70. The largest absolute Gasteiger partial charge is 0.495 e. The molecule has 0 saturated carbocycles. The molecule has 26 heavy (non-hydrogen) atoms. The summed E-state index contributed by atoms with van der Waals surface area (Å²) in [7, 11) is 1.54. The van der Waals surface area contributed by atoms with Gasteiger partial charge in [-0.1, -0.05) is 28.1 Å². The van der Waals surface area contributed by atoms with Gasteiger partial charge in [0.2, 0.25) is 5.91 Å². The molecule has 0 spiro atoms. The molecule has 6 nitrogen and oxygen atoms in total. The van der Waals surface area contributed by atoms with Crippen molar-refractivity contribution in [2.45, 2.75) is 19.9 Å². The first kappa shape index (κ1) is 18.1. The second-order valence-electron chi connectivity index (χ2n) is 5.86. The van der Waals surface area contributed by atoms with Crippen LogP contribution in [0.5, 0.6) is 5.75 Å². The quantitative estimate of drug-likeness (QED) is 0.691. The van der Waals surface area contributed by atoms with E-state index in [0.29, 0.717) is 22.3 Å². The summed E-state index contributed by atoms with van der Waals surface area (Å²) >= 11 is 3.37. The van der Waals surface area contributed by atoms with Gasteiger partial charge in [-0.15, -0.1) is 0 Å². The molecule has 1 aromatic heterocycles. The number of hydrogen-bond donors (Lipinski definition) is 1. The number of nitrogens with one attached hydrogen (secondary N) is 1. The van der Waals surface area contributed by atoms with Gasteiger partial charge in [0, 0.05) is 17.4 Å². The third-order valence-corrected chi connectivity index (χ3v) is 4.56. The standard InChI is InChI=1S/C19H18BrN3O3/c1-12-4-3-5-14-18(12)21-11-23(19(14)25)9-8-17(24)22-15-10-13(20)6-7-16(15)26-2/h3-7,10-11H,8-9H2,1-2H3,(H,22,24). The molecule has 0 aliphatic rings. The average molecular weight is 416 g/mol. The van der Waals surface area contributed by atoms with Crippen molar-refractivity contribution in [2.24, 2.45) is 0 Å². The van der Waals surface area contributed by atoms with E-state index in [4.69, 9.17) is 4.74 Å². The number of aryl methyl sites for hydroxylation is 2. The number of methoxy groups -OCH3 is 1. The zero-order chi connectivity index (χ0) is 18.7. The molecular weight excluding hydrogens is 398 g/mol. The van der Waals surface area contributed by atoms with Gasteiger partial charge in [-0.05, 0) is 36.8 Å². The Bertz CT molecular complexity index is 1030. The molecule has 0 aliphatic heterocycles. The third-order valence-electron chi connectivity index (χ3n) is 4.07. The predicted molar refractivity (Wildman–Crippen MR) is 105 cm³/mol. The van der Waals surface area contributed by atoms with E-state index in [2.05, 4.69) is 26.2 Å². The maximum atomic E-state index is 12.6. The summed E-state index contributed by atoms with van der Waals surface area (Å²) < 4.78 is 7.53. The summed E-state index contributed by atoms with van der Waals surface area (Å²) in [5.74, 6) is 0.360. The number of fused-ring (bicyclic) bond motifs is 1. The van der Waals surface area contributed by atoms with E-state index in [1.165, 1.54) is 10.9 Å². The number of aromatic nitrogens is 2. The maximum Gasteiger partial charge on any atom is 0.261 e. The number of hydrogen-bond acceptors (Lipinski definition) is 4. The fraction of sp³-hybridized carbons (Fsp3) is 0.211. The number of benzene rings is 2. The molecule has 0 atom stereocenters. The molecule has 0 saturated heterocycles. The number of nitrogens with zero attached hydrogens (tertiary/aromatic N) is 2. The van der Waals surface area contributed by atoms with Crippen molar-refractivity contribution in [1.29, 1.82) is 0 Å². The molecule has 3 aromatic rings. The maximum absolute atomic E-state index is 12.6. The first-order chi connectivity index (χ1) is 12.5. The number of carbonyl (C=O) groups is 1. The van der Waals surface area contributed by atoms with Gasteiger partial charge in [0.1, 0.15) is 5.75 Å². The summed E-state index contributed by atoms with van der Waals surface area (Å²) in [5.41, 5.74) is 2.07. The molecule has 0 fully saturated rings. The zero-order valence-corrected chi connectivity index (χ0v) is 16.0. The van der Waals surface area contributed by atoms with Crippen molar-refractivity contribution in [3.63, 3.8) is 0 Å². The van der Waals surface area contributed by atoms with Crippen molar-refractivity contribution < 1.29 is 9.53 Å². The van der Waals surface area contributed by atoms with Crippen molar-refractivity contribution in [1.82, 2.24) is 9.55 Å². The van der Waals surface area contributed by atoms with E-state index in [9.17, 15) is 9.59 Å². The Morgan fingerprint density at radius 1 is 1.31 bits per heavy atom. The van der Waals surface area contributed by atoms with E-state index in [1.54, 1.807) is 25.3 Å². The Morgan fingerprint density at radius 2 is 2.12 bits per heavy atom. The molecule has 0 bridgehead atoms. The molecule has 134 valence electrons. The normalized spacial score (nSPS) is 10.7. The lowest BCUT2D eigenvalue weighted by molar-refractivity contribution is -0.116. The number of rotatable bonds is 5. The number of ether oxygens (including phenoxy) is 1. The lowest BCUT2D eigenvalue weighted by atomic mass is 10.1. The van der Waals surface area contributed by atoms with Crippen LogP contribution in [0.2, 0.25) is 0 Å². The first-order valence-corrected chi connectivity index (χ1v) is 8.87.